The number of rotatable bonds is 2. The molecule has 2 aromatic rings. The van der Waals surface area contributed by atoms with Gasteiger partial charge in [0.15, 0.2) is 0 Å². The maximum atomic E-state index is 12.7. The monoisotopic (exact) mass is 376 g/mol. The van der Waals surface area contributed by atoms with Gasteiger partial charge >= 0.3 is 0 Å². The lowest BCUT2D eigenvalue weighted by Crippen LogP contribution is -2.31. The fourth-order valence-electron chi connectivity index (χ4n) is 2.63. The molecule has 6 nitrogen and oxygen atoms in total. The molecule has 0 saturated carbocycles. The number of hydrogen-bond acceptors (Lipinski definition) is 4. The number of nitrogens with zero attached hydrogens (tertiary/aromatic N) is 2. The van der Waals surface area contributed by atoms with Gasteiger partial charge < -0.3 is 0 Å². The first-order valence-electron chi connectivity index (χ1n) is 7.11. The number of nitro groups is 1. The zero-order valence-electron chi connectivity index (χ0n) is 12.8. The Morgan fingerprint density at radius 2 is 1.80 bits per heavy atom. The van der Waals surface area contributed by atoms with Crippen molar-refractivity contribution in [1.29, 1.82) is 0 Å². The van der Waals surface area contributed by atoms with Gasteiger partial charge in [0.25, 0.3) is 11.6 Å². The van der Waals surface area contributed by atoms with Crippen LogP contribution in [0.4, 0.5) is 11.4 Å². The van der Waals surface area contributed by atoms with Gasteiger partial charge in [0.2, 0.25) is 5.91 Å². The second-order valence-electron chi connectivity index (χ2n) is 5.31. The van der Waals surface area contributed by atoms with Gasteiger partial charge in [-0.3, -0.25) is 19.7 Å². The van der Waals surface area contributed by atoms with E-state index in [9.17, 15) is 19.7 Å². The van der Waals surface area contributed by atoms with E-state index in [4.69, 9.17) is 23.2 Å². The normalized spacial score (nSPS) is 15.2. The van der Waals surface area contributed by atoms with Crippen LogP contribution in [0.2, 0.25) is 5.02 Å². The topological polar surface area (TPSA) is 80.5 Å². The van der Waals surface area contributed by atoms with E-state index in [1.165, 1.54) is 25.1 Å². The molecule has 0 N–H and O–H groups in total. The number of non-ortho nitro benzene ring substituents is 1. The van der Waals surface area contributed by atoms with E-state index in [1.807, 2.05) is 0 Å². The average molecular weight is 377 g/mol. The Bertz CT molecular complexity index is 952. The van der Waals surface area contributed by atoms with Crippen molar-refractivity contribution in [2.45, 2.75) is 6.92 Å². The first-order chi connectivity index (χ1) is 11.8. The highest BCUT2D eigenvalue weighted by atomic mass is 35.5. The van der Waals surface area contributed by atoms with Crippen molar-refractivity contribution in [2.24, 2.45) is 0 Å². The molecular weight excluding hydrogens is 367 g/mol. The summed E-state index contributed by atoms with van der Waals surface area (Å²) in [7, 11) is 0. The molecule has 0 bridgehead atoms. The molecule has 0 saturated heterocycles. The molecule has 8 heteroatoms. The van der Waals surface area contributed by atoms with Crippen LogP contribution in [0.25, 0.3) is 10.6 Å². The Balaban J connectivity index is 2.27. The first kappa shape index (κ1) is 17.1. The number of carbonyl (C=O) groups excluding carboxylic acids is 2. The largest absolute Gasteiger partial charge is 0.274 e. The summed E-state index contributed by atoms with van der Waals surface area (Å²) in [4.78, 5) is 36.0. The van der Waals surface area contributed by atoms with Crippen molar-refractivity contribution >= 4 is 57.0 Å². The number of anilines is 1. The number of hydrogen-bond donors (Lipinski definition) is 0. The predicted octanol–water partition coefficient (Wildman–Crippen LogP) is 4.25. The number of halogens is 2. The van der Waals surface area contributed by atoms with Crippen molar-refractivity contribution in [3.8, 4) is 0 Å². The van der Waals surface area contributed by atoms with Gasteiger partial charge in [0.1, 0.15) is 0 Å². The Kier molecular flexibility index (Phi) is 4.32. The summed E-state index contributed by atoms with van der Waals surface area (Å²) in [5.74, 6) is -1.13. The standard InChI is InChI=1S/C17H10Cl2N2O4/c1-9(22)20-14-7-6-12(21(24)25)8-13(14)15(17(20)23)16(19)10-2-4-11(18)5-3-10/h2-8H,1H3. The lowest BCUT2D eigenvalue weighted by Gasteiger charge is -2.11. The lowest BCUT2D eigenvalue weighted by atomic mass is 10.0. The molecule has 3 rings (SSSR count). The van der Waals surface area contributed by atoms with Gasteiger partial charge in [-0.05, 0) is 23.8 Å². The van der Waals surface area contributed by atoms with Crippen LogP contribution >= 0.6 is 23.2 Å². The van der Waals surface area contributed by atoms with Crippen LogP contribution in [0.15, 0.2) is 42.5 Å². The zero-order chi connectivity index (χ0) is 18.3. The van der Waals surface area contributed by atoms with Crippen molar-refractivity contribution in [3.05, 3.63) is 68.7 Å². The summed E-state index contributed by atoms with van der Waals surface area (Å²) in [6.07, 6.45) is 0. The minimum atomic E-state index is -0.622. The highest BCUT2D eigenvalue weighted by Crippen LogP contribution is 2.43. The summed E-state index contributed by atoms with van der Waals surface area (Å²) in [5.41, 5.74) is 0.866. The Hall–Kier alpha value is -2.70. The minimum absolute atomic E-state index is 0.0397. The molecule has 0 aliphatic carbocycles. The highest BCUT2D eigenvalue weighted by Gasteiger charge is 2.38. The van der Waals surface area contributed by atoms with Gasteiger partial charge in [-0.2, -0.15) is 0 Å². The van der Waals surface area contributed by atoms with Gasteiger partial charge in [-0.25, -0.2) is 4.90 Å². The van der Waals surface area contributed by atoms with Gasteiger partial charge in [-0.1, -0.05) is 35.3 Å². The fourth-order valence-corrected chi connectivity index (χ4v) is 3.07. The van der Waals surface area contributed by atoms with Gasteiger partial charge in [0.05, 0.1) is 21.2 Å². The van der Waals surface area contributed by atoms with Crippen LogP contribution in [0, 0.1) is 10.1 Å². The molecule has 0 spiro atoms. The minimum Gasteiger partial charge on any atom is -0.274 e. The first-order valence-corrected chi connectivity index (χ1v) is 7.86. The van der Waals surface area contributed by atoms with E-state index in [1.54, 1.807) is 24.3 Å². The summed E-state index contributed by atoms with van der Waals surface area (Å²) >= 11 is 12.2. The molecule has 1 aliphatic heterocycles. The predicted molar refractivity (Wildman–Crippen MR) is 95.4 cm³/mol. The van der Waals surface area contributed by atoms with Crippen LogP contribution in [0.3, 0.4) is 0 Å². The Labute approximate surface area is 152 Å². The summed E-state index contributed by atoms with van der Waals surface area (Å²) in [6.45, 7) is 1.24. The van der Waals surface area contributed by atoms with Crippen LogP contribution in [-0.4, -0.2) is 16.7 Å². The van der Waals surface area contributed by atoms with E-state index >= 15 is 0 Å². The fraction of sp³-hybridized carbons (Fsp3) is 0.0588. The third kappa shape index (κ3) is 2.90. The third-order valence-corrected chi connectivity index (χ3v) is 4.41. The zero-order valence-corrected chi connectivity index (χ0v) is 14.3. The number of fused-ring (bicyclic) bond motifs is 1. The molecule has 1 heterocycles. The molecule has 1 aliphatic rings. The van der Waals surface area contributed by atoms with E-state index in [0.29, 0.717) is 10.6 Å². The summed E-state index contributed by atoms with van der Waals surface area (Å²) in [5, 5.41) is 11.6. The molecule has 0 fully saturated rings. The van der Waals surface area contributed by atoms with E-state index < -0.39 is 16.7 Å². The number of carbonyl (C=O) groups is 2. The lowest BCUT2D eigenvalue weighted by molar-refractivity contribution is -0.384. The van der Waals surface area contributed by atoms with Crippen LogP contribution in [0.5, 0.6) is 0 Å². The maximum absolute atomic E-state index is 12.7. The molecule has 0 unspecified atom stereocenters. The summed E-state index contributed by atoms with van der Waals surface area (Å²) in [6, 6.07) is 10.3. The van der Waals surface area contributed by atoms with Gasteiger partial charge in [-0.15, -0.1) is 0 Å². The maximum Gasteiger partial charge on any atom is 0.270 e. The van der Waals surface area contributed by atoms with Crippen LogP contribution in [0.1, 0.15) is 18.1 Å². The third-order valence-electron chi connectivity index (χ3n) is 3.75. The average Bonchev–Trinajstić information content (AvgIpc) is 2.85. The Morgan fingerprint density at radius 1 is 1.16 bits per heavy atom. The van der Waals surface area contributed by atoms with E-state index in [-0.39, 0.29) is 27.5 Å². The quantitative estimate of drug-likeness (QED) is 0.445. The number of imide groups is 1. The Morgan fingerprint density at radius 3 is 2.36 bits per heavy atom. The molecule has 126 valence electrons. The van der Waals surface area contributed by atoms with Crippen LogP contribution < -0.4 is 4.90 Å². The molecule has 0 atom stereocenters. The van der Waals surface area contributed by atoms with E-state index in [0.717, 1.165) is 4.90 Å². The molecule has 2 amide bonds. The smallest absolute Gasteiger partial charge is 0.270 e. The summed E-state index contributed by atoms with van der Waals surface area (Å²) < 4.78 is 0. The highest BCUT2D eigenvalue weighted by molar-refractivity contribution is 6.60. The van der Waals surface area contributed by atoms with E-state index in [2.05, 4.69) is 0 Å². The molecule has 0 radical (unpaired) electrons. The molecule has 25 heavy (non-hydrogen) atoms. The second-order valence-corrected chi connectivity index (χ2v) is 6.13. The number of amides is 2. The second kappa shape index (κ2) is 6.31. The molecule has 0 aromatic heterocycles. The van der Waals surface area contributed by atoms with Crippen molar-refractivity contribution in [1.82, 2.24) is 0 Å². The molecular formula is C17H10Cl2N2O4. The van der Waals surface area contributed by atoms with Crippen LogP contribution in [-0.2, 0) is 9.59 Å². The SMILES string of the molecule is CC(=O)N1C(=O)C(=C(Cl)c2ccc(Cl)cc2)c2cc([N+](=O)[O-])ccc21. The van der Waals surface area contributed by atoms with Crippen molar-refractivity contribution in [3.63, 3.8) is 0 Å². The molecule has 2 aromatic carbocycles. The number of benzene rings is 2. The van der Waals surface area contributed by atoms with Gasteiger partial charge in [0, 0.05) is 29.6 Å². The number of nitro benzene ring substituents is 1. The van der Waals surface area contributed by atoms with Crippen molar-refractivity contribution < 1.29 is 14.5 Å². The van der Waals surface area contributed by atoms with Crippen molar-refractivity contribution in [2.75, 3.05) is 4.90 Å².